The van der Waals surface area contributed by atoms with Gasteiger partial charge < -0.3 is 10.6 Å². The normalized spacial score (nSPS) is 10.4. The van der Waals surface area contributed by atoms with E-state index in [1.807, 2.05) is 24.3 Å². The molecule has 0 radical (unpaired) electrons. The average molecular weight is 353 g/mol. The zero-order valence-corrected chi connectivity index (χ0v) is 14.1. The highest BCUT2D eigenvalue weighted by atomic mass is 19.2. The van der Waals surface area contributed by atoms with Gasteiger partial charge in [-0.1, -0.05) is 19.1 Å². The van der Waals surface area contributed by atoms with Crippen LogP contribution in [0.4, 0.5) is 25.8 Å². The van der Waals surface area contributed by atoms with E-state index in [1.54, 1.807) is 6.07 Å². The second kappa shape index (κ2) is 7.74. The minimum atomic E-state index is -0.951. The van der Waals surface area contributed by atoms with Crippen LogP contribution in [-0.4, -0.2) is 10.9 Å². The van der Waals surface area contributed by atoms with E-state index in [0.717, 1.165) is 18.6 Å². The molecule has 0 unspecified atom stereocenters. The topological polar surface area (TPSA) is 54.0 Å². The third-order valence-corrected chi connectivity index (χ3v) is 3.83. The van der Waals surface area contributed by atoms with E-state index in [1.165, 1.54) is 24.0 Å². The first-order chi connectivity index (χ1) is 12.5. The van der Waals surface area contributed by atoms with Gasteiger partial charge in [0.2, 0.25) is 0 Å². The molecule has 3 aromatic rings. The monoisotopic (exact) mass is 353 g/mol. The highest BCUT2D eigenvalue weighted by Crippen LogP contribution is 2.20. The number of halogens is 2. The van der Waals surface area contributed by atoms with Gasteiger partial charge in [0.15, 0.2) is 11.6 Å². The number of aromatic nitrogens is 1. The van der Waals surface area contributed by atoms with Crippen LogP contribution in [0.3, 0.4) is 0 Å². The van der Waals surface area contributed by atoms with Crippen molar-refractivity contribution in [2.75, 3.05) is 10.6 Å². The number of amides is 1. The van der Waals surface area contributed by atoms with Gasteiger partial charge in [-0.25, -0.2) is 8.78 Å². The molecule has 0 saturated heterocycles. The van der Waals surface area contributed by atoms with Gasteiger partial charge in [-0.3, -0.25) is 9.78 Å². The number of nitrogens with one attached hydrogen (secondary N) is 2. The Bertz CT molecular complexity index is 927. The fraction of sp³-hybridized carbons (Fsp3) is 0.100. The number of nitrogens with zero attached hydrogens (tertiary/aromatic N) is 1. The zero-order valence-electron chi connectivity index (χ0n) is 14.1. The molecule has 4 nitrogen and oxygen atoms in total. The summed E-state index contributed by atoms with van der Waals surface area (Å²) in [7, 11) is 0. The Balaban J connectivity index is 1.73. The third-order valence-electron chi connectivity index (χ3n) is 3.83. The van der Waals surface area contributed by atoms with E-state index in [-0.39, 0.29) is 5.91 Å². The molecule has 132 valence electrons. The fourth-order valence-corrected chi connectivity index (χ4v) is 2.40. The lowest BCUT2D eigenvalue weighted by Crippen LogP contribution is -2.12. The highest BCUT2D eigenvalue weighted by Gasteiger charge is 2.09. The van der Waals surface area contributed by atoms with Crippen molar-refractivity contribution in [1.82, 2.24) is 4.98 Å². The molecule has 1 amide bonds. The number of anilines is 3. The number of carbonyl (C=O) groups excluding carboxylic acids is 1. The standard InChI is InChI=1S/C20H17F2N3O/c1-2-13-3-5-15(6-4-13)25-20(26)14-9-17(12-23-11-14)24-16-7-8-18(21)19(22)10-16/h3-12,24H,2H2,1H3,(H,25,26). The van der Waals surface area contributed by atoms with Gasteiger partial charge in [0.25, 0.3) is 5.91 Å². The van der Waals surface area contributed by atoms with Gasteiger partial charge >= 0.3 is 0 Å². The molecule has 0 aliphatic carbocycles. The largest absolute Gasteiger partial charge is 0.354 e. The lowest BCUT2D eigenvalue weighted by molar-refractivity contribution is 0.102. The maximum absolute atomic E-state index is 13.3. The molecule has 2 N–H and O–H groups in total. The molecule has 0 saturated carbocycles. The second-order valence-electron chi connectivity index (χ2n) is 5.72. The summed E-state index contributed by atoms with van der Waals surface area (Å²) in [6, 6.07) is 12.6. The maximum Gasteiger partial charge on any atom is 0.257 e. The number of hydrogen-bond donors (Lipinski definition) is 2. The summed E-state index contributed by atoms with van der Waals surface area (Å²) in [5, 5.41) is 5.70. The Morgan fingerprint density at radius 3 is 2.35 bits per heavy atom. The van der Waals surface area contributed by atoms with Crippen LogP contribution >= 0.6 is 0 Å². The summed E-state index contributed by atoms with van der Waals surface area (Å²) in [6.07, 6.45) is 3.86. The Morgan fingerprint density at radius 2 is 1.65 bits per heavy atom. The predicted molar refractivity (Wildman–Crippen MR) is 97.7 cm³/mol. The molecule has 6 heteroatoms. The summed E-state index contributed by atoms with van der Waals surface area (Å²) in [4.78, 5) is 16.4. The van der Waals surface area contributed by atoms with E-state index in [4.69, 9.17) is 0 Å². The van der Waals surface area contributed by atoms with Crippen LogP contribution in [0.2, 0.25) is 0 Å². The molecule has 0 aliphatic rings. The SMILES string of the molecule is CCc1ccc(NC(=O)c2cncc(Nc3ccc(F)c(F)c3)c2)cc1. The second-order valence-corrected chi connectivity index (χ2v) is 5.72. The van der Waals surface area contributed by atoms with Gasteiger partial charge in [0, 0.05) is 23.6 Å². The summed E-state index contributed by atoms with van der Waals surface area (Å²) >= 11 is 0. The van der Waals surface area contributed by atoms with Crippen LogP contribution in [0.25, 0.3) is 0 Å². The van der Waals surface area contributed by atoms with Crippen molar-refractivity contribution in [2.45, 2.75) is 13.3 Å². The summed E-state index contributed by atoms with van der Waals surface area (Å²) in [5.74, 6) is -2.18. The average Bonchev–Trinajstić information content (AvgIpc) is 2.65. The van der Waals surface area contributed by atoms with Crippen LogP contribution in [0, 0.1) is 11.6 Å². The van der Waals surface area contributed by atoms with Crippen molar-refractivity contribution < 1.29 is 13.6 Å². The Hall–Kier alpha value is -3.28. The molecule has 0 fully saturated rings. The van der Waals surface area contributed by atoms with Crippen molar-refractivity contribution in [1.29, 1.82) is 0 Å². The molecule has 0 bridgehead atoms. The first-order valence-electron chi connectivity index (χ1n) is 8.12. The number of benzene rings is 2. The van der Waals surface area contributed by atoms with Crippen molar-refractivity contribution in [3.63, 3.8) is 0 Å². The number of rotatable bonds is 5. The molecule has 3 rings (SSSR count). The van der Waals surface area contributed by atoms with Crippen molar-refractivity contribution in [3.05, 3.63) is 83.7 Å². The van der Waals surface area contributed by atoms with E-state index in [0.29, 0.717) is 22.6 Å². The van der Waals surface area contributed by atoms with Crippen LogP contribution in [0.15, 0.2) is 60.9 Å². The molecular weight excluding hydrogens is 336 g/mol. The number of aryl methyl sites for hydroxylation is 1. The lowest BCUT2D eigenvalue weighted by atomic mass is 10.1. The van der Waals surface area contributed by atoms with Gasteiger partial charge in [0.1, 0.15) is 0 Å². The van der Waals surface area contributed by atoms with E-state index in [9.17, 15) is 13.6 Å². The molecule has 26 heavy (non-hydrogen) atoms. The fourth-order valence-electron chi connectivity index (χ4n) is 2.40. The molecular formula is C20H17F2N3O. The molecule has 1 aromatic heterocycles. The number of carbonyl (C=O) groups is 1. The van der Waals surface area contributed by atoms with Crippen LogP contribution in [0.5, 0.6) is 0 Å². The van der Waals surface area contributed by atoms with Crippen molar-refractivity contribution in [3.8, 4) is 0 Å². The van der Waals surface area contributed by atoms with Crippen molar-refractivity contribution in [2.24, 2.45) is 0 Å². The van der Waals surface area contributed by atoms with E-state index >= 15 is 0 Å². The first-order valence-corrected chi connectivity index (χ1v) is 8.12. The van der Waals surface area contributed by atoms with Gasteiger partial charge in [-0.15, -0.1) is 0 Å². The Labute approximate surface area is 149 Å². The molecule has 1 heterocycles. The lowest BCUT2D eigenvalue weighted by Gasteiger charge is -2.09. The minimum Gasteiger partial charge on any atom is -0.354 e. The maximum atomic E-state index is 13.3. The van der Waals surface area contributed by atoms with Crippen LogP contribution in [0.1, 0.15) is 22.8 Å². The van der Waals surface area contributed by atoms with E-state index < -0.39 is 11.6 Å². The molecule has 2 aromatic carbocycles. The van der Waals surface area contributed by atoms with Crippen LogP contribution in [-0.2, 0) is 6.42 Å². The highest BCUT2D eigenvalue weighted by molar-refractivity contribution is 6.04. The zero-order chi connectivity index (χ0) is 18.5. The molecule has 0 aliphatic heterocycles. The number of hydrogen-bond acceptors (Lipinski definition) is 3. The van der Waals surface area contributed by atoms with Gasteiger partial charge in [-0.05, 0) is 42.3 Å². The van der Waals surface area contributed by atoms with Crippen molar-refractivity contribution >= 4 is 23.0 Å². The minimum absolute atomic E-state index is 0.310. The Morgan fingerprint density at radius 1 is 0.923 bits per heavy atom. The van der Waals surface area contributed by atoms with E-state index in [2.05, 4.69) is 22.5 Å². The summed E-state index contributed by atoms with van der Waals surface area (Å²) in [6.45, 7) is 2.06. The van der Waals surface area contributed by atoms with Gasteiger partial charge in [-0.2, -0.15) is 0 Å². The van der Waals surface area contributed by atoms with Gasteiger partial charge in [0.05, 0.1) is 17.4 Å². The molecule has 0 spiro atoms. The third kappa shape index (κ3) is 4.22. The Kier molecular flexibility index (Phi) is 5.22. The summed E-state index contributed by atoms with van der Waals surface area (Å²) in [5.41, 5.74) is 3.06. The molecule has 0 atom stereocenters. The predicted octanol–water partition coefficient (Wildman–Crippen LogP) is 4.92. The smallest absolute Gasteiger partial charge is 0.257 e. The van der Waals surface area contributed by atoms with Crippen LogP contribution < -0.4 is 10.6 Å². The number of pyridine rings is 1. The summed E-state index contributed by atoms with van der Waals surface area (Å²) < 4.78 is 26.3. The first kappa shape index (κ1) is 17.5. The quantitative estimate of drug-likeness (QED) is 0.685.